The molecule has 0 atom stereocenters. The molecule has 2 N–H and O–H groups in total. The molecule has 0 aromatic heterocycles. The number of aliphatic hydroxyl groups excluding tert-OH is 2. The Morgan fingerprint density at radius 3 is 1.95 bits per heavy atom. The summed E-state index contributed by atoms with van der Waals surface area (Å²) in [6, 6.07) is 6.07. The summed E-state index contributed by atoms with van der Waals surface area (Å²) in [5, 5.41) is 19.4. The van der Waals surface area contributed by atoms with Crippen molar-refractivity contribution in [3.63, 3.8) is 0 Å². The summed E-state index contributed by atoms with van der Waals surface area (Å²) >= 11 is 6.32. The fourth-order valence-electron chi connectivity index (χ4n) is 2.02. The molecule has 0 radical (unpaired) electrons. The van der Waals surface area contributed by atoms with E-state index < -0.39 is 0 Å². The van der Waals surface area contributed by atoms with E-state index in [2.05, 4.69) is 6.07 Å². The molecule has 0 amide bonds. The van der Waals surface area contributed by atoms with E-state index in [-0.39, 0.29) is 24.0 Å². The maximum absolute atomic E-state index is 9.31. The van der Waals surface area contributed by atoms with E-state index in [1.165, 1.54) is 0 Å². The maximum atomic E-state index is 9.31. The first kappa shape index (κ1) is 16.5. The third-order valence-electron chi connectivity index (χ3n) is 3.33. The van der Waals surface area contributed by atoms with Crippen LogP contribution in [0.2, 0.25) is 5.02 Å². The van der Waals surface area contributed by atoms with Gasteiger partial charge in [-0.05, 0) is 40.9 Å². The first-order valence-electron chi connectivity index (χ1n) is 6.68. The summed E-state index contributed by atoms with van der Waals surface area (Å²) in [6.07, 6.45) is 1.55. The lowest BCUT2D eigenvalue weighted by Gasteiger charge is -2.24. The smallest absolute Gasteiger partial charge is 0.0485 e. The average Bonchev–Trinajstić information content (AvgIpc) is 2.32. The summed E-state index contributed by atoms with van der Waals surface area (Å²) in [6.45, 7) is 8.40. The van der Waals surface area contributed by atoms with Crippen molar-refractivity contribution in [3.8, 4) is 0 Å². The Kier molecular flexibility index (Phi) is 5.43. The van der Waals surface area contributed by atoms with Crippen molar-refractivity contribution < 1.29 is 10.2 Å². The van der Waals surface area contributed by atoms with E-state index in [4.69, 9.17) is 11.6 Å². The van der Waals surface area contributed by atoms with Gasteiger partial charge >= 0.3 is 0 Å². The van der Waals surface area contributed by atoms with Gasteiger partial charge in [-0.15, -0.1) is 0 Å². The lowest BCUT2D eigenvalue weighted by atomic mass is 9.84. The minimum absolute atomic E-state index is 0.130. The monoisotopic (exact) mass is 284 g/mol. The van der Waals surface area contributed by atoms with Crippen LogP contribution in [0, 0.1) is 10.8 Å². The van der Waals surface area contributed by atoms with Crippen LogP contribution in [-0.4, -0.2) is 23.4 Å². The molecule has 0 bridgehead atoms. The average molecular weight is 285 g/mol. The topological polar surface area (TPSA) is 40.5 Å². The van der Waals surface area contributed by atoms with Gasteiger partial charge in [0.1, 0.15) is 0 Å². The Bertz CT molecular complexity index is 425. The molecule has 3 heteroatoms. The molecule has 0 fully saturated rings. The van der Waals surface area contributed by atoms with Crippen LogP contribution in [0.3, 0.4) is 0 Å². The third-order valence-corrected chi connectivity index (χ3v) is 3.68. The molecule has 19 heavy (non-hydrogen) atoms. The number of hydrogen-bond donors (Lipinski definition) is 2. The molecule has 108 valence electrons. The molecule has 1 rings (SSSR count). The Hall–Kier alpha value is -0.570. The van der Waals surface area contributed by atoms with Crippen molar-refractivity contribution >= 4 is 11.6 Å². The van der Waals surface area contributed by atoms with Crippen LogP contribution in [0.25, 0.3) is 0 Å². The lowest BCUT2D eigenvalue weighted by molar-refractivity contribution is 0.159. The Labute approximate surface area is 121 Å². The molecule has 0 saturated carbocycles. The van der Waals surface area contributed by atoms with E-state index in [0.717, 1.165) is 29.0 Å². The molecular weight excluding hydrogens is 260 g/mol. The molecule has 0 spiro atoms. The Morgan fingerprint density at radius 1 is 0.947 bits per heavy atom. The van der Waals surface area contributed by atoms with Crippen molar-refractivity contribution in [1.29, 1.82) is 0 Å². The lowest BCUT2D eigenvalue weighted by Crippen LogP contribution is -2.21. The highest BCUT2D eigenvalue weighted by atomic mass is 35.5. The van der Waals surface area contributed by atoms with Crippen molar-refractivity contribution in [3.05, 3.63) is 34.3 Å². The van der Waals surface area contributed by atoms with Crippen LogP contribution in [0.15, 0.2) is 18.2 Å². The minimum atomic E-state index is -0.157. The highest BCUT2D eigenvalue weighted by Gasteiger charge is 2.20. The largest absolute Gasteiger partial charge is 0.396 e. The zero-order valence-electron chi connectivity index (χ0n) is 12.3. The van der Waals surface area contributed by atoms with Gasteiger partial charge < -0.3 is 10.2 Å². The normalized spacial score (nSPS) is 12.8. The molecule has 0 aliphatic carbocycles. The van der Waals surface area contributed by atoms with E-state index >= 15 is 0 Å². The zero-order chi connectivity index (χ0) is 14.7. The summed E-state index contributed by atoms with van der Waals surface area (Å²) in [7, 11) is 0. The maximum Gasteiger partial charge on any atom is 0.0485 e. The van der Waals surface area contributed by atoms with E-state index in [9.17, 15) is 10.2 Å². The van der Waals surface area contributed by atoms with Crippen LogP contribution >= 0.6 is 11.6 Å². The van der Waals surface area contributed by atoms with E-state index in [1.54, 1.807) is 0 Å². The molecule has 0 heterocycles. The van der Waals surface area contributed by atoms with Gasteiger partial charge in [0.25, 0.3) is 0 Å². The Morgan fingerprint density at radius 2 is 1.47 bits per heavy atom. The molecule has 0 aliphatic rings. The van der Waals surface area contributed by atoms with Crippen molar-refractivity contribution in [2.45, 2.75) is 40.5 Å². The van der Waals surface area contributed by atoms with Crippen LogP contribution in [0.1, 0.15) is 38.8 Å². The second kappa shape index (κ2) is 6.25. The minimum Gasteiger partial charge on any atom is -0.396 e. The standard InChI is InChI=1S/C16H25ClO2/c1-15(2,10-18)8-12-5-6-13(14(17)7-12)9-16(3,4)11-19/h5-7,18-19H,8-11H2,1-4H3. The van der Waals surface area contributed by atoms with Gasteiger partial charge in [0.05, 0.1) is 0 Å². The van der Waals surface area contributed by atoms with Gasteiger partial charge in [-0.2, -0.15) is 0 Å². The first-order valence-corrected chi connectivity index (χ1v) is 7.06. The van der Waals surface area contributed by atoms with Crippen molar-refractivity contribution in [2.24, 2.45) is 10.8 Å². The molecule has 1 aromatic rings. The SMILES string of the molecule is CC(C)(CO)Cc1ccc(CC(C)(C)CO)c(Cl)c1. The van der Waals surface area contributed by atoms with Crippen LogP contribution in [-0.2, 0) is 12.8 Å². The highest BCUT2D eigenvalue weighted by Crippen LogP contribution is 2.29. The fourth-order valence-corrected chi connectivity index (χ4v) is 2.29. The summed E-state index contributed by atoms with van der Waals surface area (Å²) in [4.78, 5) is 0. The predicted molar refractivity (Wildman–Crippen MR) is 80.6 cm³/mol. The van der Waals surface area contributed by atoms with Crippen molar-refractivity contribution in [2.75, 3.05) is 13.2 Å². The number of aliphatic hydroxyl groups is 2. The van der Waals surface area contributed by atoms with Gasteiger partial charge in [0, 0.05) is 18.2 Å². The number of benzene rings is 1. The highest BCUT2D eigenvalue weighted by molar-refractivity contribution is 6.31. The molecule has 0 aliphatic heterocycles. The van der Waals surface area contributed by atoms with Gasteiger partial charge in [-0.25, -0.2) is 0 Å². The number of halogens is 1. The predicted octanol–water partition coefficient (Wildman–Crippen LogP) is 3.46. The third kappa shape index (κ3) is 5.13. The molecule has 0 saturated heterocycles. The van der Waals surface area contributed by atoms with Crippen LogP contribution in [0.5, 0.6) is 0 Å². The second-order valence-electron chi connectivity index (χ2n) is 6.92. The van der Waals surface area contributed by atoms with E-state index in [0.29, 0.717) is 0 Å². The number of rotatable bonds is 6. The van der Waals surface area contributed by atoms with Gasteiger partial charge in [-0.1, -0.05) is 51.4 Å². The van der Waals surface area contributed by atoms with Crippen LogP contribution in [0.4, 0.5) is 0 Å². The fraction of sp³-hybridized carbons (Fsp3) is 0.625. The quantitative estimate of drug-likeness (QED) is 0.840. The van der Waals surface area contributed by atoms with Gasteiger partial charge in [0.2, 0.25) is 0 Å². The first-order chi connectivity index (χ1) is 8.69. The molecular formula is C16H25ClO2. The van der Waals surface area contributed by atoms with E-state index in [1.807, 2.05) is 39.8 Å². The van der Waals surface area contributed by atoms with Gasteiger partial charge in [0.15, 0.2) is 0 Å². The van der Waals surface area contributed by atoms with Crippen molar-refractivity contribution in [1.82, 2.24) is 0 Å². The molecule has 2 nitrogen and oxygen atoms in total. The number of hydrogen-bond acceptors (Lipinski definition) is 2. The Balaban J connectivity index is 2.86. The summed E-state index contributed by atoms with van der Waals surface area (Å²) in [5.74, 6) is 0. The molecule has 0 unspecified atom stereocenters. The van der Waals surface area contributed by atoms with Gasteiger partial charge in [-0.3, -0.25) is 0 Å². The zero-order valence-corrected chi connectivity index (χ0v) is 13.1. The van der Waals surface area contributed by atoms with Crippen LogP contribution < -0.4 is 0 Å². The summed E-state index contributed by atoms with van der Waals surface area (Å²) < 4.78 is 0. The molecule has 1 aromatic carbocycles. The second-order valence-corrected chi connectivity index (χ2v) is 7.33. The summed E-state index contributed by atoms with van der Waals surface area (Å²) in [5.41, 5.74) is 1.91.